The van der Waals surface area contributed by atoms with Crippen molar-refractivity contribution >= 4 is 23.8 Å². The molecule has 0 aliphatic heterocycles. The monoisotopic (exact) mass is 398 g/mol. The molecule has 8 heteroatoms. The number of aromatic amines is 1. The summed E-state index contributed by atoms with van der Waals surface area (Å²) in [7, 11) is 1.60. The number of methoxy groups -OCH3 is 1. The van der Waals surface area contributed by atoms with Gasteiger partial charge in [0.1, 0.15) is 11.5 Å². The Morgan fingerprint density at radius 2 is 1.82 bits per heavy atom. The number of hydrogen-bond donors (Lipinski definition) is 2. The predicted octanol–water partition coefficient (Wildman–Crippen LogP) is 4.04. The maximum Gasteiger partial charge on any atom is 0.226 e. The van der Waals surface area contributed by atoms with Crippen LogP contribution in [0.1, 0.15) is 13.3 Å². The zero-order chi connectivity index (χ0) is 19.9. The number of nitrogens with zero attached hydrogens (tertiary/aromatic N) is 2. The van der Waals surface area contributed by atoms with Crippen LogP contribution in [-0.2, 0) is 11.3 Å². The molecule has 0 atom stereocenters. The molecular weight excluding hydrogens is 376 g/mol. The molecule has 2 N–H and O–H groups in total. The average Bonchev–Trinajstić information content (AvgIpc) is 3.08. The molecule has 2 aromatic carbocycles. The van der Waals surface area contributed by atoms with Crippen molar-refractivity contribution in [3.05, 3.63) is 53.3 Å². The maximum absolute atomic E-state index is 12.3. The molecule has 0 fully saturated rings. The molecule has 28 heavy (non-hydrogen) atoms. The van der Waals surface area contributed by atoms with Gasteiger partial charge in [0.05, 0.1) is 13.7 Å². The Morgan fingerprint density at radius 3 is 2.46 bits per heavy atom. The highest BCUT2D eigenvalue weighted by molar-refractivity contribution is 7.71. The maximum atomic E-state index is 12.3. The van der Waals surface area contributed by atoms with E-state index in [1.165, 1.54) is 0 Å². The average molecular weight is 398 g/mol. The van der Waals surface area contributed by atoms with Crippen LogP contribution in [0.15, 0.2) is 48.5 Å². The summed E-state index contributed by atoms with van der Waals surface area (Å²) in [5, 5.41) is 9.97. The minimum Gasteiger partial charge on any atom is -0.497 e. The van der Waals surface area contributed by atoms with Crippen LogP contribution in [0.2, 0.25) is 0 Å². The van der Waals surface area contributed by atoms with Gasteiger partial charge in [0.15, 0.2) is 10.6 Å². The number of ether oxygens (including phenoxy) is 2. The lowest BCUT2D eigenvalue weighted by atomic mass is 10.2. The van der Waals surface area contributed by atoms with E-state index in [2.05, 4.69) is 15.5 Å². The van der Waals surface area contributed by atoms with Crippen LogP contribution in [0.25, 0.3) is 11.4 Å². The first-order chi connectivity index (χ1) is 13.6. The first-order valence-corrected chi connectivity index (χ1v) is 9.34. The molecule has 0 aliphatic rings. The van der Waals surface area contributed by atoms with E-state index in [0.29, 0.717) is 29.4 Å². The normalized spacial score (nSPS) is 10.5. The second-order valence-electron chi connectivity index (χ2n) is 5.99. The Kier molecular flexibility index (Phi) is 6.44. The van der Waals surface area contributed by atoms with E-state index in [-0.39, 0.29) is 12.3 Å². The number of benzene rings is 2. The van der Waals surface area contributed by atoms with Crippen LogP contribution in [0.5, 0.6) is 11.5 Å². The van der Waals surface area contributed by atoms with Gasteiger partial charge < -0.3 is 14.8 Å². The first-order valence-electron chi connectivity index (χ1n) is 8.93. The summed E-state index contributed by atoms with van der Waals surface area (Å²) >= 11 is 5.32. The topological polar surface area (TPSA) is 81.2 Å². The number of carbonyl (C=O) groups excluding carboxylic acids is 1. The van der Waals surface area contributed by atoms with Crippen molar-refractivity contribution in [1.82, 2.24) is 14.8 Å². The minimum absolute atomic E-state index is 0.106. The van der Waals surface area contributed by atoms with Crippen LogP contribution in [0, 0.1) is 4.77 Å². The van der Waals surface area contributed by atoms with Crippen LogP contribution in [-0.4, -0.2) is 34.4 Å². The standard InChI is InChI=1S/C20H22N4O3S/c1-3-27-17-8-4-14(5-9-17)19-22-23-20(28)24(19)13-12-18(25)21-15-6-10-16(26-2)11-7-15/h4-11H,3,12-13H2,1-2H3,(H,21,25)(H,23,28). The third-order valence-electron chi connectivity index (χ3n) is 4.12. The van der Waals surface area contributed by atoms with Gasteiger partial charge in [-0.1, -0.05) is 0 Å². The van der Waals surface area contributed by atoms with Crippen LogP contribution in [0.4, 0.5) is 5.69 Å². The third-order valence-corrected chi connectivity index (χ3v) is 4.43. The minimum atomic E-state index is -0.106. The van der Waals surface area contributed by atoms with Gasteiger partial charge in [0.25, 0.3) is 0 Å². The molecule has 3 aromatic rings. The van der Waals surface area contributed by atoms with Crippen molar-refractivity contribution in [2.24, 2.45) is 0 Å². The Bertz CT molecular complexity index is 978. The molecule has 1 amide bonds. The Hall–Kier alpha value is -3.13. The molecule has 146 valence electrons. The van der Waals surface area contributed by atoms with Crippen LogP contribution < -0.4 is 14.8 Å². The molecule has 0 unspecified atom stereocenters. The smallest absolute Gasteiger partial charge is 0.226 e. The highest BCUT2D eigenvalue weighted by atomic mass is 32.1. The van der Waals surface area contributed by atoms with Crippen molar-refractivity contribution < 1.29 is 14.3 Å². The predicted molar refractivity (Wildman–Crippen MR) is 110 cm³/mol. The summed E-state index contributed by atoms with van der Waals surface area (Å²) in [5.74, 6) is 2.12. The number of anilines is 1. The zero-order valence-electron chi connectivity index (χ0n) is 15.8. The SMILES string of the molecule is CCOc1ccc(-c2n[nH]c(=S)n2CCC(=O)Nc2ccc(OC)cc2)cc1. The van der Waals surface area contributed by atoms with E-state index in [0.717, 1.165) is 17.1 Å². The molecule has 0 saturated carbocycles. The lowest BCUT2D eigenvalue weighted by Gasteiger charge is -2.09. The van der Waals surface area contributed by atoms with E-state index in [1.807, 2.05) is 35.8 Å². The Balaban J connectivity index is 1.66. The number of nitrogens with one attached hydrogen (secondary N) is 2. The van der Waals surface area contributed by atoms with E-state index in [9.17, 15) is 4.79 Å². The van der Waals surface area contributed by atoms with E-state index < -0.39 is 0 Å². The van der Waals surface area contributed by atoms with Gasteiger partial charge in [-0.25, -0.2) is 0 Å². The summed E-state index contributed by atoms with van der Waals surface area (Å²) < 4.78 is 12.9. The summed E-state index contributed by atoms with van der Waals surface area (Å²) in [5.41, 5.74) is 1.61. The third kappa shape index (κ3) is 4.77. The number of rotatable bonds is 8. The van der Waals surface area contributed by atoms with Gasteiger partial charge in [-0.15, -0.1) is 0 Å². The number of aromatic nitrogens is 3. The Labute approximate surface area is 168 Å². The molecule has 0 bridgehead atoms. The highest BCUT2D eigenvalue weighted by Gasteiger charge is 2.11. The van der Waals surface area contributed by atoms with Crippen molar-refractivity contribution in [3.8, 4) is 22.9 Å². The number of hydrogen-bond acceptors (Lipinski definition) is 5. The summed E-state index contributed by atoms with van der Waals surface area (Å²) in [6, 6.07) is 14.8. The van der Waals surface area contributed by atoms with Crippen molar-refractivity contribution in [2.75, 3.05) is 19.0 Å². The second kappa shape index (κ2) is 9.18. The fraction of sp³-hybridized carbons (Fsp3) is 0.250. The Morgan fingerprint density at radius 1 is 1.14 bits per heavy atom. The van der Waals surface area contributed by atoms with Crippen LogP contribution >= 0.6 is 12.2 Å². The fourth-order valence-corrected chi connectivity index (χ4v) is 2.95. The van der Waals surface area contributed by atoms with Crippen molar-refractivity contribution in [2.45, 2.75) is 19.9 Å². The van der Waals surface area contributed by atoms with E-state index in [1.54, 1.807) is 31.4 Å². The van der Waals surface area contributed by atoms with Gasteiger partial charge in [-0.2, -0.15) is 5.10 Å². The first kappa shape index (κ1) is 19.6. The number of H-pyrrole nitrogens is 1. The lowest BCUT2D eigenvalue weighted by Crippen LogP contribution is -2.15. The van der Waals surface area contributed by atoms with Gasteiger partial charge >= 0.3 is 0 Å². The summed E-state index contributed by atoms with van der Waals surface area (Å²) in [6.45, 7) is 2.97. The molecular formula is C20H22N4O3S. The van der Waals surface area contributed by atoms with Crippen molar-refractivity contribution in [1.29, 1.82) is 0 Å². The summed E-state index contributed by atoms with van der Waals surface area (Å²) in [6.07, 6.45) is 0.268. The molecule has 3 rings (SSSR count). The molecule has 1 aromatic heterocycles. The second-order valence-corrected chi connectivity index (χ2v) is 6.37. The number of carbonyl (C=O) groups is 1. The largest absolute Gasteiger partial charge is 0.497 e. The van der Waals surface area contributed by atoms with Gasteiger partial charge in [-0.3, -0.25) is 14.5 Å². The molecule has 1 heterocycles. The molecule has 0 aliphatic carbocycles. The van der Waals surface area contributed by atoms with Gasteiger partial charge in [0.2, 0.25) is 5.91 Å². The van der Waals surface area contributed by atoms with Crippen LogP contribution in [0.3, 0.4) is 0 Å². The molecule has 0 saturated heterocycles. The van der Waals surface area contributed by atoms with E-state index >= 15 is 0 Å². The molecule has 7 nitrogen and oxygen atoms in total. The molecule has 0 radical (unpaired) electrons. The molecule has 0 spiro atoms. The zero-order valence-corrected chi connectivity index (χ0v) is 16.6. The quantitative estimate of drug-likeness (QED) is 0.560. The lowest BCUT2D eigenvalue weighted by molar-refractivity contribution is -0.116. The van der Waals surface area contributed by atoms with Gasteiger partial charge in [-0.05, 0) is 67.7 Å². The fourth-order valence-electron chi connectivity index (χ4n) is 2.72. The highest BCUT2D eigenvalue weighted by Crippen LogP contribution is 2.21. The summed E-state index contributed by atoms with van der Waals surface area (Å²) in [4.78, 5) is 12.3. The van der Waals surface area contributed by atoms with E-state index in [4.69, 9.17) is 21.7 Å². The number of amides is 1. The van der Waals surface area contributed by atoms with Gasteiger partial charge in [0, 0.05) is 24.2 Å². The van der Waals surface area contributed by atoms with Crippen molar-refractivity contribution in [3.63, 3.8) is 0 Å².